The Kier molecular flexibility index (Phi) is 5.68. The third-order valence-corrected chi connectivity index (χ3v) is 2.36. The molecule has 3 nitrogen and oxygen atoms in total. The van der Waals surface area contributed by atoms with E-state index >= 15 is 0 Å². The van der Waals surface area contributed by atoms with Crippen molar-refractivity contribution in [2.45, 2.75) is 12.8 Å². The lowest BCUT2D eigenvalue weighted by molar-refractivity contribution is -0.133. The fraction of sp³-hybridized carbons (Fsp3) is 0.875. The van der Waals surface area contributed by atoms with Gasteiger partial charge in [0.05, 0.1) is 0 Å². The van der Waals surface area contributed by atoms with Crippen molar-refractivity contribution in [1.82, 2.24) is 10.2 Å². The summed E-state index contributed by atoms with van der Waals surface area (Å²) in [6.45, 7) is 3.77. The molecule has 0 aromatic rings. The Balaban J connectivity index is 0.000000720. The van der Waals surface area contributed by atoms with Gasteiger partial charge >= 0.3 is 0 Å². The molecule has 2 rings (SSSR count). The summed E-state index contributed by atoms with van der Waals surface area (Å²) < 4.78 is 0. The number of nitrogens with zero attached hydrogens (tertiary/aromatic N) is 1. The molecule has 0 unspecified atom stereocenters. The normalized spacial score (nSPS) is 21.4. The maximum absolute atomic E-state index is 11.5. The average molecular weight is 227 g/mol. The average Bonchev–Trinajstić information content (AvgIpc) is 2.87. The number of hydrogen-bond acceptors (Lipinski definition) is 2. The first-order valence-electron chi connectivity index (χ1n) is 4.37. The number of hydrogen-bond donors (Lipinski definition) is 1. The topological polar surface area (TPSA) is 32.3 Å². The van der Waals surface area contributed by atoms with E-state index in [9.17, 15) is 4.79 Å². The maximum Gasteiger partial charge on any atom is 0.225 e. The number of amides is 1. The van der Waals surface area contributed by atoms with Crippen LogP contribution in [0.1, 0.15) is 12.8 Å². The van der Waals surface area contributed by atoms with Crippen LogP contribution in [0.4, 0.5) is 0 Å². The van der Waals surface area contributed by atoms with Gasteiger partial charge in [-0.1, -0.05) is 0 Å². The molecule has 1 heterocycles. The summed E-state index contributed by atoms with van der Waals surface area (Å²) >= 11 is 0. The molecule has 0 aromatic carbocycles. The number of carbonyl (C=O) groups is 1. The Bertz CT molecular complexity index is 168. The molecule has 1 aliphatic heterocycles. The van der Waals surface area contributed by atoms with E-state index in [4.69, 9.17) is 0 Å². The largest absolute Gasteiger partial charge is 0.340 e. The van der Waals surface area contributed by atoms with Crippen LogP contribution in [0.15, 0.2) is 0 Å². The quantitative estimate of drug-likeness (QED) is 0.714. The minimum Gasteiger partial charge on any atom is -0.340 e. The summed E-state index contributed by atoms with van der Waals surface area (Å²) in [5, 5.41) is 3.24. The summed E-state index contributed by atoms with van der Waals surface area (Å²) in [5.74, 6) is 0.791. The van der Waals surface area contributed by atoms with Crippen molar-refractivity contribution in [3.8, 4) is 0 Å². The molecule has 13 heavy (non-hydrogen) atoms. The van der Waals surface area contributed by atoms with E-state index < -0.39 is 0 Å². The second-order valence-electron chi connectivity index (χ2n) is 3.35. The van der Waals surface area contributed by atoms with Crippen molar-refractivity contribution >= 4 is 30.7 Å². The van der Waals surface area contributed by atoms with Crippen molar-refractivity contribution in [1.29, 1.82) is 0 Å². The molecule has 0 atom stereocenters. The van der Waals surface area contributed by atoms with Crippen LogP contribution in [-0.4, -0.2) is 37.0 Å². The molecule has 0 radical (unpaired) electrons. The molecule has 2 fully saturated rings. The molecule has 0 bridgehead atoms. The van der Waals surface area contributed by atoms with Crippen molar-refractivity contribution in [2.75, 3.05) is 26.2 Å². The van der Waals surface area contributed by atoms with Gasteiger partial charge in [0.15, 0.2) is 0 Å². The monoisotopic (exact) mass is 226 g/mol. The van der Waals surface area contributed by atoms with Gasteiger partial charge in [-0.15, -0.1) is 24.8 Å². The second-order valence-corrected chi connectivity index (χ2v) is 3.35. The van der Waals surface area contributed by atoms with E-state index in [1.165, 1.54) is 0 Å². The van der Waals surface area contributed by atoms with E-state index in [1.54, 1.807) is 0 Å². The molecule has 1 amide bonds. The smallest absolute Gasteiger partial charge is 0.225 e. The van der Waals surface area contributed by atoms with Crippen molar-refractivity contribution < 1.29 is 4.79 Å². The van der Waals surface area contributed by atoms with Crippen LogP contribution in [0.5, 0.6) is 0 Å². The van der Waals surface area contributed by atoms with Gasteiger partial charge in [-0.3, -0.25) is 4.79 Å². The van der Waals surface area contributed by atoms with Gasteiger partial charge < -0.3 is 10.2 Å². The third kappa shape index (κ3) is 3.33. The highest BCUT2D eigenvalue weighted by atomic mass is 35.5. The summed E-state index contributed by atoms with van der Waals surface area (Å²) in [6, 6.07) is 0. The van der Waals surface area contributed by atoms with Crippen molar-refractivity contribution in [2.24, 2.45) is 5.92 Å². The molecule has 1 aliphatic carbocycles. The standard InChI is InChI=1S/C8H14N2O.2ClH/c11-8(7-1-2-7)10-5-3-9-4-6-10;;/h7,9H,1-6H2;2*1H. The zero-order chi connectivity index (χ0) is 7.68. The van der Waals surface area contributed by atoms with Crippen LogP contribution in [0, 0.1) is 5.92 Å². The number of nitrogens with one attached hydrogen (secondary N) is 1. The first-order chi connectivity index (χ1) is 5.38. The number of carbonyl (C=O) groups excluding carboxylic acids is 1. The Morgan fingerprint density at radius 1 is 1.15 bits per heavy atom. The lowest BCUT2D eigenvalue weighted by Crippen LogP contribution is -2.46. The van der Waals surface area contributed by atoms with Gasteiger partial charge in [0.1, 0.15) is 0 Å². The van der Waals surface area contributed by atoms with Gasteiger partial charge in [-0.25, -0.2) is 0 Å². The molecule has 0 spiro atoms. The van der Waals surface area contributed by atoms with Gasteiger partial charge in [0, 0.05) is 32.1 Å². The number of halogens is 2. The Labute approximate surface area is 91.1 Å². The predicted octanol–water partition coefficient (Wildman–Crippen LogP) is 0.672. The lowest BCUT2D eigenvalue weighted by atomic mass is 10.3. The molecule has 1 saturated carbocycles. The molecular formula is C8H16Cl2N2O. The SMILES string of the molecule is Cl.Cl.O=C(C1CC1)N1CCNCC1. The molecule has 1 N–H and O–H groups in total. The van der Waals surface area contributed by atoms with Crippen LogP contribution in [-0.2, 0) is 4.79 Å². The van der Waals surface area contributed by atoms with Crippen molar-refractivity contribution in [3.63, 3.8) is 0 Å². The van der Waals surface area contributed by atoms with Gasteiger partial charge in [-0.05, 0) is 12.8 Å². The molecule has 78 valence electrons. The molecule has 2 aliphatic rings. The van der Waals surface area contributed by atoms with Crippen LogP contribution in [0.3, 0.4) is 0 Å². The Morgan fingerprint density at radius 2 is 1.69 bits per heavy atom. The van der Waals surface area contributed by atoms with E-state index in [1.807, 2.05) is 4.90 Å². The van der Waals surface area contributed by atoms with Crippen molar-refractivity contribution in [3.05, 3.63) is 0 Å². The van der Waals surface area contributed by atoms with Gasteiger partial charge in [0.25, 0.3) is 0 Å². The summed E-state index contributed by atoms with van der Waals surface area (Å²) in [7, 11) is 0. The highest BCUT2D eigenvalue weighted by molar-refractivity contribution is 5.85. The van der Waals surface area contributed by atoms with Crippen LogP contribution >= 0.6 is 24.8 Å². The fourth-order valence-corrected chi connectivity index (χ4v) is 1.47. The maximum atomic E-state index is 11.5. The summed E-state index contributed by atoms with van der Waals surface area (Å²) in [5.41, 5.74) is 0. The van der Waals surface area contributed by atoms with Crippen LogP contribution in [0.2, 0.25) is 0 Å². The highest BCUT2D eigenvalue weighted by Crippen LogP contribution is 2.30. The highest BCUT2D eigenvalue weighted by Gasteiger charge is 2.33. The van der Waals surface area contributed by atoms with E-state index in [-0.39, 0.29) is 24.8 Å². The first-order valence-corrected chi connectivity index (χ1v) is 4.37. The molecule has 0 aromatic heterocycles. The van der Waals surface area contributed by atoms with E-state index in [0.717, 1.165) is 39.0 Å². The zero-order valence-electron chi connectivity index (χ0n) is 7.49. The molecule has 1 saturated heterocycles. The van der Waals surface area contributed by atoms with E-state index in [2.05, 4.69) is 5.32 Å². The first kappa shape index (κ1) is 13.0. The van der Waals surface area contributed by atoms with Crippen LogP contribution < -0.4 is 5.32 Å². The third-order valence-electron chi connectivity index (χ3n) is 2.36. The second kappa shape index (κ2) is 5.68. The van der Waals surface area contributed by atoms with Crippen LogP contribution in [0.25, 0.3) is 0 Å². The fourth-order valence-electron chi connectivity index (χ4n) is 1.47. The molecular weight excluding hydrogens is 211 g/mol. The van der Waals surface area contributed by atoms with E-state index in [0.29, 0.717) is 11.8 Å². The Hall–Kier alpha value is 0.01000. The summed E-state index contributed by atoms with van der Waals surface area (Å²) in [4.78, 5) is 13.5. The van der Waals surface area contributed by atoms with Gasteiger partial charge in [-0.2, -0.15) is 0 Å². The number of piperazine rings is 1. The lowest BCUT2D eigenvalue weighted by Gasteiger charge is -2.27. The van der Waals surface area contributed by atoms with Gasteiger partial charge in [0.2, 0.25) is 5.91 Å². The number of rotatable bonds is 1. The Morgan fingerprint density at radius 3 is 2.15 bits per heavy atom. The minimum atomic E-state index is 0. The minimum absolute atomic E-state index is 0. The summed E-state index contributed by atoms with van der Waals surface area (Å²) in [6.07, 6.45) is 2.26. The zero-order valence-corrected chi connectivity index (χ0v) is 9.12. The molecule has 5 heteroatoms. The predicted molar refractivity (Wildman–Crippen MR) is 56.7 cm³/mol.